The van der Waals surface area contributed by atoms with Crippen LogP contribution in [-0.2, 0) is 11.2 Å². The van der Waals surface area contributed by atoms with Crippen LogP contribution in [0.5, 0.6) is 5.75 Å². The number of aromatic nitrogens is 2. The van der Waals surface area contributed by atoms with Gasteiger partial charge in [0.15, 0.2) is 0 Å². The van der Waals surface area contributed by atoms with Gasteiger partial charge in [-0.2, -0.15) is 0 Å². The van der Waals surface area contributed by atoms with Gasteiger partial charge in [-0.25, -0.2) is 4.98 Å². The SMILES string of the molecule is CCOc1ccc(CC(CNC(=O)c2cnccn2)C(=O)O)cc1. The Balaban J connectivity index is 1.94. The van der Waals surface area contributed by atoms with E-state index in [0.29, 0.717) is 13.0 Å². The highest BCUT2D eigenvalue weighted by atomic mass is 16.5. The summed E-state index contributed by atoms with van der Waals surface area (Å²) >= 11 is 0. The zero-order chi connectivity index (χ0) is 17.4. The van der Waals surface area contributed by atoms with Crippen molar-refractivity contribution in [3.05, 3.63) is 54.1 Å². The molecule has 0 saturated heterocycles. The second kappa shape index (κ2) is 8.61. The van der Waals surface area contributed by atoms with Gasteiger partial charge >= 0.3 is 5.97 Å². The van der Waals surface area contributed by atoms with Crippen molar-refractivity contribution in [3.8, 4) is 5.75 Å². The summed E-state index contributed by atoms with van der Waals surface area (Å²) in [5.41, 5.74) is 1.02. The van der Waals surface area contributed by atoms with Crippen LogP contribution in [0.15, 0.2) is 42.9 Å². The molecule has 7 heteroatoms. The van der Waals surface area contributed by atoms with Crippen molar-refractivity contribution >= 4 is 11.9 Å². The zero-order valence-electron chi connectivity index (χ0n) is 13.3. The minimum atomic E-state index is -0.969. The van der Waals surface area contributed by atoms with E-state index in [9.17, 15) is 14.7 Å². The van der Waals surface area contributed by atoms with Gasteiger partial charge in [-0.15, -0.1) is 0 Å². The highest BCUT2D eigenvalue weighted by molar-refractivity contribution is 5.92. The molecule has 1 aromatic carbocycles. The highest BCUT2D eigenvalue weighted by Crippen LogP contribution is 2.15. The Morgan fingerprint density at radius 2 is 2.00 bits per heavy atom. The van der Waals surface area contributed by atoms with Gasteiger partial charge in [0.05, 0.1) is 18.7 Å². The van der Waals surface area contributed by atoms with Gasteiger partial charge in [-0.05, 0) is 31.0 Å². The Morgan fingerprint density at radius 3 is 2.58 bits per heavy atom. The molecule has 0 fully saturated rings. The molecule has 2 aromatic rings. The Labute approximate surface area is 139 Å². The average Bonchev–Trinajstić information content (AvgIpc) is 2.60. The minimum Gasteiger partial charge on any atom is -0.494 e. The summed E-state index contributed by atoms with van der Waals surface area (Å²) in [6.07, 6.45) is 4.51. The largest absolute Gasteiger partial charge is 0.494 e. The molecule has 1 amide bonds. The first-order valence-corrected chi connectivity index (χ1v) is 7.59. The third kappa shape index (κ3) is 5.05. The molecule has 24 heavy (non-hydrogen) atoms. The highest BCUT2D eigenvalue weighted by Gasteiger charge is 2.19. The molecule has 0 bridgehead atoms. The number of carboxylic acid groups (broad SMARTS) is 1. The Kier molecular flexibility index (Phi) is 6.24. The first-order chi connectivity index (χ1) is 11.6. The number of ether oxygens (including phenoxy) is 1. The van der Waals surface area contributed by atoms with E-state index in [1.807, 2.05) is 19.1 Å². The molecule has 126 valence electrons. The number of benzene rings is 1. The molecular weight excluding hydrogens is 310 g/mol. The van der Waals surface area contributed by atoms with Gasteiger partial charge in [-0.1, -0.05) is 12.1 Å². The van der Waals surface area contributed by atoms with Crippen LogP contribution in [0.4, 0.5) is 0 Å². The number of hydrogen-bond donors (Lipinski definition) is 2. The Bertz CT molecular complexity index is 674. The van der Waals surface area contributed by atoms with Crippen molar-refractivity contribution in [2.45, 2.75) is 13.3 Å². The van der Waals surface area contributed by atoms with Crippen LogP contribution in [0, 0.1) is 5.92 Å². The maximum atomic E-state index is 11.9. The summed E-state index contributed by atoms with van der Waals surface area (Å²) in [7, 11) is 0. The summed E-state index contributed by atoms with van der Waals surface area (Å²) in [6.45, 7) is 2.48. The molecule has 1 atom stereocenters. The fraction of sp³-hybridized carbons (Fsp3) is 0.294. The van der Waals surface area contributed by atoms with E-state index >= 15 is 0 Å². The molecule has 2 rings (SSSR count). The van der Waals surface area contributed by atoms with E-state index in [2.05, 4.69) is 15.3 Å². The standard InChI is InChI=1S/C17H19N3O4/c1-2-24-14-5-3-12(4-6-14)9-13(17(22)23)10-20-16(21)15-11-18-7-8-19-15/h3-8,11,13H,2,9-10H2,1H3,(H,20,21)(H,22,23). The summed E-state index contributed by atoms with van der Waals surface area (Å²) < 4.78 is 5.36. The van der Waals surface area contributed by atoms with Crippen molar-refractivity contribution < 1.29 is 19.4 Å². The lowest BCUT2D eigenvalue weighted by atomic mass is 9.99. The molecule has 1 aromatic heterocycles. The Hall–Kier alpha value is -2.96. The van der Waals surface area contributed by atoms with E-state index in [-0.39, 0.29) is 12.2 Å². The summed E-state index contributed by atoms with van der Waals surface area (Å²) in [6, 6.07) is 7.25. The summed E-state index contributed by atoms with van der Waals surface area (Å²) in [5.74, 6) is -1.41. The summed E-state index contributed by atoms with van der Waals surface area (Å²) in [4.78, 5) is 31.0. The molecule has 0 radical (unpaired) electrons. The molecule has 7 nitrogen and oxygen atoms in total. The van der Waals surface area contributed by atoms with Crippen LogP contribution in [0.3, 0.4) is 0 Å². The first kappa shape index (κ1) is 17.4. The van der Waals surface area contributed by atoms with Crippen LogP contribution in [0.25, 0.3) is 0 Å². The normalized spacial score (nSPS) is 11.5. The topological polar surface area (TPSA) is 101 Å². The lowest BCUT2D eigenvalue weighted by Crippen LogP contribution is -2.34. The number of hydrogen-bond acceptors (Lipinski definition) is 5. The molecule has 1 unspecified atom stereocenters. The smallest absolute Gasteiger partial charge is 0.308 e. The van der Waals surface area contributed by atoms with Crippen molar-refractivity contribution in [1.82, 2.24) is 15.3 Å². The number of carbonyl (C=O) groups excluding carboxylic acids is 1. The number of carbonyl (C=O) groups is 2. The quantitative estimate of drug-likeness (QED) is 0.762. The van der Waals surface area contributed by atoms with Crippen molar-refractivity contribution in [2.75, 3.05) is 13.2 Å². The number of amides is 1. The molecule has 0 aliphatic rings. The molecule has 0 aliphatic carbocycles. The minimum absolute atomic E-state index is 0.0119. The van der Waals surface area contributed by atoms with Crippen LogP contribution >= 0.6 is 0 Å². The molecule has 0 spiro atoms. The second-order valence-electron chi connectivity index (χ2n) is 5.12. The molecule has 2 N–H and O–H groups in total. The number of aliphatic carboxylic acids is 1. The van der Waals surface area contributed by atoms with Crippen LogP contribution < -0.4 is 10.1 Å². The maximum absolute atomic E-state index is 11.9. The number of carboxylic acids is 1. The number of nitrogens with zero attached hydrogens (tertiary/aromatic N) is 2. The van der Waals surface area contributed by atoms with Crippen LogP contribution in [0.2, 0.25) is 0 Å². The van der Waals surface area contributed by atoms with Gasteiger partial charge < -0.3 is 15.2 Å². The van der Waals surface area contributed by atoms with Gasteiger partial charge in [0, 0.05) is 18.9 Å². The zero-order valence-corrected chi connectivity index (χ0v) is 13.3. The number of nitrogens with one attached hydrogen (secondary N) is 1. The van der Waals surface area contributed by atoms with E-state index < -0.39 is 17.8 Å². The van der Waals surface area contributed by atoms with Gasteiger partial charge in [0.25, 0.3) is 5.91 Å². The average molecular weight is 329 g/mol. The van der Waals surface area contributed by atoms with E-state index in [1.165, 1.54) is 18.6 Å². The second-order valence-corrected chi connectivity index (χ2v) is 5.12. The van der Waals surface area contributed by atoms with E-state index in [4.69, 9.17) is 4.74 Å². The van der Waals surface area contributed by atoms with E-state index in [1.54, 1.807) is 12.1 Å². The lowest BCUT2D eigenvalue weighted by Gasteiger charge is -2.14. The maximum Gasteiger partial charge on any atom is 0.308 e. The van der Waals surface area contributed by atoms with Gasteiger partial charge in [0.1, 0.15) is 11.4 Å². The predicted octanol–water partition coefficient (Wildman–Crippen LogP) is 1.55. The van der Waals surface area contributed by atoms with Crippen molar-refractivity contribution in [3.63, 3.8) is 0 Å². The predicted molar refractivity (Wildman–Crippen MR) is 86.8 cm³/mol. The Morgan fingerprint density at radius 1 is 1.25 bits per heavy atom. The van der Waals surface area contributed by atoms with Gasteiger partial charge in [0.2, 0.25) is 0 Å². The van der Waals surface area contributed by atoms with Gasteiger partial charge in [-0.3, -0.25) is 14.6 Å². The lowest BCUT2D eigenvalue weighted by molar-refractivity contribution is -0.141. The first-order valence-electron chi connectivity index (χ1n) is 7.59. The number of rotatable bonds is 8. The molecule has 0 aliphatic heterocycles. The van der Waals surface area contributed by atoms with Crippen LogP contribution in [-0.4, -0.2) is 40.1 Å². The fourth-order valence-corrected chi connectivity index (χ4v) is 2.14. The fourth-order valence-electron chi connectivity index (χ4n) is 2.14. The monoisotopic (exact) mass is 329 g/mol. The third-order valence-electron chi connectivity index (χ3n) is 3.37. The van der Waals surface area contributed by atoms with E-state index in [0.717, 1.165) is 11.3 Å². The van der Waals surface area contributed by atoms with Crippen LogP contribution in [0.1, 0.15) is 23.0 Å². The van der Waals surface area contributed by atoms with Crippen molar-refractivity contribution in [1.29, 1.82) is 0 Å². The molecule has 1 heterocycles. The summed E-state index contributed by atoms with van der Waals surface area (Å²) in [5, 5.41) is 11.9. The molecular formula is C17H19N3O4. The van der Waals surface area contributed by atoms with Crippen molar-refractivity contribution in [2.24, 2.45) is 5.92 Å². The molecule has 0 saturated carbocycles. The third-order valence-corrected chi connectivity index (χ3v) is 3.37.